The lowest BCUT2D eigenvalue weighted by atomic mass is 9.65. The Hall–Kier alpha value is -1.92. The van der Waals surface area contributed by atoms with Crippen LogP contribution in [0.5, 0.6) is 0 Å². The van der Waals surface area contributed by atoms with Gasteiger partial charge in [0, 0.05) is 18.3 Å². The number of ether oxygens (including phenoxy) is 3. The van der Waals surface area contributed by atoms with E-state index in [0.717, 1.165) is 70.8 Å². The molecule has 3 heterocycles. The molecule has 0 aromatic carbocycles. The summed E-state index contributed by atoms with van der Waals surface area (Å²) in [6.07, 6.45) is 10.1. The van der Waals surface area contributed by atoms with Crippen molar-refractivity contribution in [3.05, 3.63) is 15.8 Å². The van der Waals surface area contributed by atoms with Gasteiger partial charge in [0.2, 0.25) is 5.91 Å². The van der Waals surface area contributed by atoms with Crippen molar-refractivity contribution in [3.63, 3.8) is 0 Å². The molecule has 0 spiro atoms. The average molecular weight is 558 g/mol. The lowest BCUT2D eigenvalue weighted by Gasteiger charge is -2.52. The highest BCUT2D eigenvalue weighted by molar-refractivity contribution is 7.15. The number of carboxylic acids is 1. The first kappa shape index (κ1) is 28.6. The summed E-state index contributed by atoms with van der Waals surface area (Å²) in [6.45, 7) is 9.04. The lowest BCUT2D eigenvalue weighted by molar-refractivity contribution is -0.119. The van der Waals surface area contributed by atoms with Gasteiger partial charge in [-0.15, -0.1) is 11.3 Å². The molecule has 39 heavy (non-hydrogen) atoms. The Morgan fingerprint density at radius 1 is 1.10 bits per heavy atom. The van der Waals surface area contributed by atoms with Crippen molar-refractivity contribution in [2.45, 2.75) is 116 Å². The summed E-state index contributed by atoms with van der Waals surface area (Å²) in [7, 11) is 0. The highest BCUT2D eigenvalue weighted by Gasteiger charge is 2.49. The molecular formula is C31H43NO6S. The molecular weight excluding hydrogens is 514 g/mol. The molecule has 1 aromatic rings. The van der Waals surface area contributed by atoms with E-state index in [0.29, 0.717) is 29.0 Å². The molecule has 2 aliphatic carbocycles. The van der Waals surface area contributed by atoms with E-state index in [9.17, 15) is 14.7 Å². The van der Waals surface area contributed by atoms with Crippen molar-refractivity contribution in [2.75, 3.05) is 18.1 Å². The fraction of sp³-hybridized carbons (Fsp3) is 0.742. The van der Waals surface area contributed by atoms with Crippen molar-refractivity contribution in [2.24, 2.45) is 17.3 Å². The van der Waals surface area contributed by atoms with Crippen LogP contribution in [0.3, 0.4) is 0 Å². The molecule has 1 aromatic heterocycles. The number of hydrogen-bond acceptors (Lipinski definition) is 6. The highest BCUT2D eigenvalue weighted by Crippen LogP contribution is 2.49. The molecule has 0 unspecified atom stereocenters. The SMILES string of the molecule is CC(=O)N(c1cc(C#CC(C)(C)C)sc1C(=O)O)C1(C2CCC(O[C@@H]3CO[C@H]4OCC[C@H]43)CC2)CCCCC1. The van der Waals surface area contributed by atoms with Crippen molar-refractivity contribution >= 4 is 28.9 Å². The minimum Gasteiger partial charge on any atom is -0.477 e. The van der Waals surface area contributed by atoms with Crippen LogP contribution in [0.4, 0.5) is 5.69 Å². The zero-order valence-electron chi connectivity index (χ0n) is 23.8. The topological polar surface area (TPSA) is 85.3 Å². The fourth-order valence-electron chi connectivity index (χ4n) is 7.26. The molecule has 2 saturated carbocycles. The van der Waals surface area contributed by atoms with E-state index in [2.05, 4.69) is 11.8 Å². The molecule has 7 nitrogen and oxygen atoms in total. The van der Waals surface area contributed by atoms with E-state index in [1.807, 2.05) is 31.7 Å². The molecule has 2 aliphatic heterocycles. The van der Waals surface area contributed by atoms with Crippen LogP contribution in [0.15, 0.2) is 6.07 Å². The minimum atomic E-state index is -0.999. The number of hydrogen-bond donors (Lipinski definition) is 1. The van der Waals surface area contributed by atoms with E-state index >= 15 is 0 Å². The third-order valence-electron chi connectivity index (χ3n) is 8.97. The van der Waals surface area contributed by atoms with Gasteiger partial charge in [-0.3, -0.25) is 4.79 Å². The van der Waals surface area contributed by atoms with E-state index in [1.54, 1.807) is 6.92 Å². The monoisotopic (exact) mass is 557 g/mol. The number of rotatable bonds is 6. The normalized spacial score (nSPS) is 30.3. The first-order chi connectivity index (χ1) is 18.6. The Labute approximate surface area is 236 Å². The Kier molecular flexibility index (Phi) is 8.45. The van der Waals surface area contributed by atoms with Gasteiger partial charge >= 0.3 is 5.97 Å². The molecule has 1 N–H and O–H groups in total. The lowest BCUT2D eigenvalue weighted by Crippen LogP contribution is -2.58. The second-order valence-electron chi connectivity index (χ2n) is 12.8. The highest BCUT2D eigenvalue weighted by atomic mass is 32.1. The summed E-state index contributed by atoms with van der Waals surface area (Å²) in [5.74, 6) is 5.95. The molecule has 4 fully saturated rings. The van der Waals surface area contributed by atoms with Gasteiger partial charge in [-0.05, 0) is 77.7 Å². The van der Waals surface area contributed by atoms with Crippen molar-refractivity contribution in [3.8, 4) is 11.8 Å². The van der Waals surface area contributed by atoms with Crippen LogP contribution < -0.4 is 4.90 Å². The number of nitrogens with zero attached hydrogens (tertiary/aromatic N) is 1. The number of amides is 1. The van der Waals surface area contributed by atoms with Gasteiger partial charge in [0.25, 0.3) is 0 Å². The summed E-state index contributed by atoms with van der Waals surface area (Å²) in [5, 5.41) is 10.2. The standard InChI is InChI=1S/C31H43NO6S/c1-20(33)32(25-18-23(12-16-30(2,3)4)39-27(25)28(34)35)31(14-6-5-7-15-31)21-8-10-22(11-9-21)38-26-19-37-29-24(26)13-17-36-29/h18,21-22,24,26,29H,5-11,13-15,17,19H2,1-4H3,(H,34,35)/t21?,22?,24-,26+,29+/m0/s1. The molecule has 0 radical (unpaired) electrons. The van der Waals surface area contributed by atoms with Crippen LogP contribution >= 0.6 is 11.3 Å². The average Bonchev–Trinajstić information content (AvgIpc) is 3.61. The first-order valence-electron chi connectivity index (χ1n) is 14.7. The number of fused-ring (bicyclic) bond motifs is 1. The summed E-state index contributed by atoms with van der Waals surface area (Å²) in [5.41, 5.74) is -0.0559. The van der Waals surface area contributed by atoms with Crippen molar-refractivity contribution in [1.29, 1.82) is 0 Å². The van der Waals surface area contributed by atoms with Crippen LogP contribution in [0.2, 0.25) is 0 Å². The fourth-order valence-corrected chi connectivity index (χ4v) is 8.10. The Balaban J connectivity index is 1.39. The number of thiophene rings is 1. The molecule has 2 saturated heterocycles. The number of carbonyl (C=O) groups excluding carboxylic acids is 1. The van der Waals surface area contributed by atoms with Crippen molar-refractivity contribution < 1.29 is 28.9 Å². The van der Waals surface area contributed by atoms with Gasteiger partial charge in [0.05, 0.1) is 41.5 Å². The zero-order valence-corrected chi connectivity index (χ0v) is 24.6. The molecule has 214 valence electrons. The van der Waals surface area contributed by atoms with Gasteiger partial charge in [-0.2, -0.15) is 0 Å². The molecule has 0 bridgehead atoms. The van der Waals surface area contributed by atoms with E-state index in [4.69, 9.17) is 14.2 Å². The van der Waals surface area contributed by atoms with Crippen LogP contribution in [0.1, 0.15) is 106 Å². The van der Waals surface area contributed by atoms with Crippen LogP contribution in [0, 0.1) is 29.1 Å². The second kappa shape index (κ2) is 11.5. The predicted molar refractivity (Wildman–Crippen MR) is 151 cm³/mol. The molecule has 8 heteroatoms. The maximum Gasteiger partial charge on any atom is 0.348 e. The first-order valence-corrected chi connectivity index (χ1v) is 15.5. The van der Waals surface area contributed by atoms with Crippen molar-refractivity contribution in [1.82, 2.24) is 0 Å². The number of carbonyl (C=O) groups is 2. The van der Waals surface area contributed by atoms with Crippen LogP contribution in [-0.4, -0.2) is 54.2 Å². The van der Waals surface area contributed by atoms with E-state index < -0.39 is 5.97 Å². The van der Waals surface area contributed by atoms with Gasteiger partial charge in [0.1, 0.15) is 4.88 Å². The summed E-state index contributed by atoms with van der Waals surface area (Å²) in [4.78, 5) is 28.6. The number of anilines is 1. The quantitative estimate of drug-likeness (QED) is 0.417. The Bertz CT molecular complexity index is 1110. The molecule has 3 atom stereocenters. The smallest absolute Gasteiger partial charge is 0.348 e. The van der Waals surface area contributed by atoms with Gasteiger partial charge in [-0.1, -0.05) is 31.1 Å². The summed E-state index contributed by atoms with van der Waals surface area (Å²) >= 11 is 1.18. The molecule has 4 aliphatic rings. The third kappa shape index (κ3) is 6.07. The maximum absolute atomic E-state index is 13.4. The molecule has 1 amide bonds. The predicted octanol–water partition coefficient (Wildman–Crippen LogP) is 6.24. The minimum absolute atomic E-state index is 0.0821. The van der Waals surface area contributed by atoms with Gasteiger partial charge in [0.15, 0.2) is 6.29 Å². The van der Waals surface area contributed by atoms with E-state index in [-0.39, 0.29) is 40.2 Å². The Morgan fingerprint density at radius 2 is 1.82 bits per heavy atom. The summed E-state index contributed by atoms with van der Waals surface area (Å²) < 4.78 is 18.0. The van der Waals surface area contributed by atoms with Crippen LogP contribution in [0.25, 0.3) is 0 Å². The van der Waals surface area contributed by atoms with Gasteiger partial charge < -0.3 is 24.2 Å². The summed E-state index contributed by atoms with van der Waals surface area (Å²) in [6, 6.07) is 1.85. The van der Waals surface area contributed by atoms with Gasteiger partial charge in [-0.25, -0.2) is 4.79 Å². The Morgan fingerprint density at radius 3 is 2.46 bits per heavy atom. The second-order valence-corrected chi connectivity index (χ2v) is 13.9. The number of aromatic carboxylic acids is 1. The molecule has 5 rings (SSSR count). The zero-order chi connectivity index (χ0) is 27.8. The van der Waals surface area contributed by atoms with E-state index in [1.165, 1.54) is 11.3 Å². The third-order valence-corrected chi connectivity index (χ3v) is 10.0. The largest absolute Gasteiger partial charge is 0.477 e. The van der Waals surface area contributed by atoms with Crippen LogP contribution in [-0.2, 0) is 19.0 Å². The number of carboxylic acid groups (broad SMARTS) is 1. The maximum atomic E-state index is 13.4.